The first-order chi connectivity index (χ1) is 13.0. The molecule has 1 saturated heterocycles. The van der Waals surface area contributed by atoms with Crippen LogP contribution in [0.25, 0.3) is 0 Å². The molecule has 5 atom stereocenters. The number of carbonyl (C=O) groups excluding carboxylic acids is 2. The number of esters is 2. The Morgan fingerprint density at radius 1 is 0.778 bits per heavy atom. The summed E-state index contributed by atoms with van der Waals surface area (Å²) in [6.07, 6.45) is -4.21. The highest BCUT2D eigenvalue weighted by molar-refractivity contribution is 5.90. The largest absolute Gasteiger partial charge is 0.453 e. The van der Waals surface area contributed by atoms with E-state index in [0.717, 1.165) is 0 Å². The monoisotopic (exact) mass is 370 g/mol. The van der Waals surface area contributed by atoms with E-state index in [9.17, 15) is 14.7 Å². The van der Waals surface area contributed by atoms with Gasteiger partial charge in [-0.1, -0.05) is 36.4 Å². The summed E-state index contributed by atoms with van der Waals surface area (Å²) in [5.41, 5.74) is 0.738. The molecule has 0 radical (unpaired) electrons. The molecule has 2 aromatic carbocycles. The topological polar surface area (TPSA) is 82.1 Å². The molecule has 1 N–H and O–H groups in total. The molecule has 0 spiro atoms. The Bertz CT molecular complexity index is 710. The first-order valence-corrected chi connectivity index (χ1v) is 8.83. The summed E-state index contributed by atoms with van der Waals surface area (Å²) >= 11 is 0. The lowest BCUT2D eigenvalue weighted by Crippen LogP contribution is -2.58. The summed E-state index contributed by atoms with van der Waals surface area (Å²) < 4.78 is 16.7. The molecule has 0 aromatic heterocycles. The van der Waals surface area contributed by atoms with Crippen molar-refractivity contribution in [1.29, 1.82) is 0 Å². The van der Waals surface area contributed by atoms with Gasteiger partial charge in [0.2, 0.25) is 0 Å². The van der Waals surface area contributed by atoms with Crippen molar-refractivity contribution in [2.75, 3.05) is 0 Å². The van der Waals surface area contributed by atoms with E-state index in [2.05, 4.69) is 0 Å². The molecule has 0 saturated carbocycles. The number of ether oxygens (including phenoxy) is 3. The van der Waals surface area contributed by atoms with Gasteiger partial charge in [-0.2, -0.15) is 0 Å². The van der Waals surface area contributed by atoms with Crippen LogP contribution in [0, 0.1) is 0 Å². The number of rotatable bonds is 4. The summed E-state index contributed by atoms with van der Waals surface area (Å²) in [6, 6.07) is 17.0. The molecule has 27 heavy (non-hydrogen) atoms. The van der Waals surface area contributed by atoms with Gasteiger partial charge in [-0.05, 0) is 38.1 Å². The number of benzene rings is 2. The maximum Gasteiger partial charge on any atom is 0.338 e. The fourth-order valence-corrected chi connectivity index (χ4v) is 3.10. The third kappa shape index (κ3) is 4.35. The second-order valence-corrected chi connectivity index (χ2v) is 6.51. The zero-order valence-electron chi connectivity index (χ0n) is 15.1. The Hall–Kier alpha value is -2.70. The van der Waals surface area contributed by atoms with Gasteiger partial charge in [0.25, 0.3) is 0 Å². The van der Waals surface area contributed by atoms with Gasteiger partial charge in [-0.25, -0.2) is 9.59 Å². The minimum atomic E-state index is -1.20. The van der Waals surface area contributed by atoms with Crippen LogP contribution >= 0.6 is 0 Å². The van der Waals surface area contributed by atoms with Gasteiger partial charge in [0.05, 0.1) is 23.3 Å². The van der Waals surface area contributed by atoms with Crippen molar-refractivity contribution in [1.82, 2.24) is 0 Å². The fraction of sp³-hybridized carbons (Fsp3) is 0.333. The lowest BCUT2D eigenvalue weighted by atomic mass is 9.96. The third-order valence-corrected chi connectivity index (χ3v) is 4.53. The molecule has 0 aliphatic carbocycles. The molecular formula is C21H22O6. The predicted octanol–water partition coefficient (Wildman–Crippen LogP) is 2.61. The summed E-state index contributed by atoms with van der Waals surface area (Å²) in [5.74, 6) is -1.14. The zero-order chi connectivity index (χ0) is 19.4. The van der Waals surface area contributed by atoms with E-state index in [1.165, 1.54) is 0 Å². The smallest absolute Gasteiger partial charge is 0.338 e. The Morgan fingerprint density at radius 2 is 1.15 bits per heavy atom. The average Bonchev–Trinajstić information content (AvgIpc) is 2.69. The Kier molecular flexibility index (Phi) is 5.88. The minimum Gasteiger partial charge on any atom is -0.453 e. The van der Waals surface area contributed by atoms with E-state index >= 15 is 0 Å². The maximum atomic E-state index is 12.3. The van der Waals surface area contributed by atoms with Crippen molar-refractivity contribution in [2.24, 2.45) is 0 Å². The van der Waals surface area contributed by atoms with Gasteiger partial charge in [0.15, 0.2) is 12.2 Å². The molecule has 1 fully saturated rings. The molecule has 6 nitrogen and oxygen atoms in total. The normalized spacial score (nSPS) is 27.6. The second-order valence-electron chi connectivity index (χ2n) is 6.51. The van der Waals surface area contributed by atoms with E-state index in [0.29, 0.717) is 11.1 Å². The minimum absolute atomic E-state index is 0.369. The summed E-state index contributed by atoms with van der Waals surface area (Å²) in [4.78, 5) is 24.7. The van der Waals surface area contributed by atoms with Crippen LogP contribution in [0.15, 0.2) is 60.7 Å². The van der Waals surface area contributed by atoms with Crippen LogP contribution in [0.2, 0.25) is 0 Å². The maximum absolute atomic E-state index is 12.3. The first-order valence-electron chi connectivity index (χ1n) is 8.83. The van der Waals surface area contributed by atoms with Crippen molar-refractivity contribution in [3.63, 3.8) is 0 Å². The van der Waals surface area contributed by atoms with Gasteiger partial charge >= 0.3 is 11.9 Å². The van der Waals surface area contributed by atoms with E-state index in [1.54, 1.807) is 74.5 Å². The Balaban J connectivity index is 1.72. The molecule has 3 rings (SSSR count). The number of carbonyl (C=O) groups is 2. The van der Waals surface area contributed by atoms with Gasteiger partial charge in [0.1, 0.15) is 6.10 Å². The van der Waals surface area contributed by atoms with Crippen molar-refractivity contribution in [3.05, 3.63) is 71.8 Å². The van der Waals surface area contributed by atoms with E-state index in [4.69, 9.17) is 14.2 Å². The third-order valence-electron chi connectivity index (χ3n) is 4.53. The van der Waals surface area contributed by atoms with Gasteiger partial charge in [-0.15, -0.1) is 0 Å². The number of aliphatic hydroxyl groups is 1. The molecule has 2 unspecified atom stereocenters. The number of aliphatic hydroxyl groups excluding tert-OH is 1. The van der Waals surface area contributed by atoms with Gasteiger partial charge < -0.3 is 19.3 Å². The standard InChI is InChI=1S/C21H22O6/c1-13-18(26-20(23)15-9-5-3-6-10-15)17(22)19(14(2)25-13)27-21(24)16-11-7-4-8-12-16/h3-14,17-19,22H,1-2H3/t13-,14?,17?,18+,19+/m0/s1. The number of hydrogen-bond acceptors (Lipinski definition) is 6. The quantitative estimate of drug-likeness (QED) is 0.833. The number of hydrogen-bond donors (Lipinski definition) is 1. The van der Waals surface area contributed by atoms with Crippen LogP contribution in [-0.2, 0) is 14.2 Å². The zero-order valence-corrected chi connectivity index (χ0v) is 15.1. The molecule has 0 amide bonds. The predicted molar refractivity (Wildman–Crippen MR) is 97.3 cm³/mol. The van der Waals surface area contributed by atoms with Crippen LogP contribution in [0.3, 0.4) is 0 Å². The highest BCUT2D eigenvalue weighted by Gasteiger charge is 2.46. The van der Waals surface area contributed by atoms with Crippen LogP contribution < -0.4 is 0 Å². The lowest BCUT2D eigenvalue weighted by molar-refractivity contribution is -0.212. The van der Waals surface area contributed by atoms with E-state index < -0.39 is 42.5 Å². The van der Waals surface area contributed by atoms with Crippen LogP contribution in [0.4, 0.5) is 0 Å². The lowest BCUT2D eigenvalue weighted by Gasteiger charge is -2.41. The SMILES string of the molecule is CC1O[C@@H](C)[C@@H](OC(=O)c2ccccc2)C(O)[C@@H]1OC(=O)c1ccccc1. The highest BCUT2D eigenvalue weighted by Crippen LogP contribution is 2.27. The fourth-order valence-electron chi connectivity index (χ4n) is 3.10. The highest BCUT2D eigenvalue weighted by atomic mass is 16.6. The van der Waals surface area contributed by atoms with Crippen LogP contribution in [-0.4, -0.2) is 47.6 Å². The summed E-state index contributed by atoms with van der Waals surface area (Å²) in [6.45, 7) is 3.41. The molecule has 1 aliphatic rings. The molecule has 6 heteroatoms. The van der Waals surface area contributed by atoms with Crippen molar-refractivity contribution in [2.45, 2.75) is 44.4 Å². The van der Waals surface area contributed by atoms with E-state index in [1.807, 2.05) is 0 Å². The van der Waals surface area contributed by atoms with Crippen LogP contribution in [0.5, 0.6) is 0 Å². The Labute approximate surface area is 157 Å². The van der Waals surface area contributed by atoms with Crippen molar-refractivity contribution in [3.8, 4) is 0 Å². The molecule has 142 valence electrons. The van der Waals surface area contributed by atoms with Crippen LogP contribution in [0.1, 0.15) is 34.6 Å². The van der Waals surface area contributed by atoms with Gasteiger partial charge in [-0.3, -0.25) is 0 Å². The summed E-state index contributed by atoms with van der Waals surface area (Å²) in [5, 5.41) is 10.7. The molecule has 1 aliphatic heterocycles. The molecule has 2 aromatic rings. The molecular weight excluding hydrogens is 348 g/mol. The molecule has 1 heterocycles. The average molecular weight is 370 g/mol. The molecule has 0 bridgehead atoms. The summed E-state index contributed by atoms with van der Waals surface area (Å²) in [7, 11) is 0. The van der Waals surface area contributed by atoms with Crippen molar-refractivity contribution >= 4 is 11.9 Å². The first kappa shape index (κ1) is 19.1. The second kappa shape index (κ2) is 8.33. The van der Waals surface area contributed by atoms with Gasteiger partial charge in [0, 0.05) is 0 Å². The van der Waals surface area contributed by atoms with E-state index in [-0.39, 0.29) is 0 Å². The van der Waals surface area contributed by atoms with Crippen molar-refractivity contribution < 1.29 is 28.9 Å². The Morgan fingerprint density at radius 3 is 1.52 bits per heavy atom.